The molecule has 0 spiro atoms. The number of furan rings is 1. The minimum absolute atomic E-state index is 0.165. The minimum Gasteiger partial charge on any atom is -0.475 e. The molecule has 15 heavy (non-hydrogen) atoms. The Hall–Kier alpha value is -1.33. The zero-order chi connectivity index (χ0) is 10.8. The predicted octanol–water partition coefficient (Wildman–Crippen LogP) is 1.19. The molecule has 0 bridgehead atoms. The third kappa shape index (κ3) is 2.03. The first kappa shape index (κ1) is 10.2. The summed E-state index contributed by atoms with van der Waals surface area (Å²) in [5.74, 6) is -1.05. The molecule has 82 valence electrons. The van der Waals surface area contributed by atoms with Crippen molar-refractivity contribution in [2.45, 2.75) is 25.0 Å². The summed E-state index contributed by atoms with van der Waals surface area (Å²) < 4.78 is 10.3. The van der Waals surface area contributed by atoms with Crippen molar-refractivity contribution in [2.24, 2.45) is 0 Å². The number of aromatic carboxylic acids is 1. The van der Waals surface area contributed by atoms with Gasteiger partial charge >= 0.3 is 5.97 Å². The average molecular weight is 212 g/mol. The van der Waals surface area contributed by atoms with E-state index in [1.165, 1.54) is 12.1 Å². The number of hydrogen-bond donors (Lipinski definition) is 2. The molecular weight excluding hydrogens is 200 g/mol. The highest BCUT2D eigenvalue weighted by atomic mass is 16.5. The van der Waals surface area contributed by atoms with E-state index in [-0.39, 0.29) is 17.6 Å². The third-order valence-electron chi connectivity index (χ3n) is 2.45. The zero-order valence-corrected chi connectivity index (χ0v) is 8.05. The highest BCUT2D eigenvalue weighted by Gasteiger charge is 2.28. The summed E-state index contributed by atoms with van der Waals surface area (Å²) in [6, 6.07) is 2.80. The van der Waals surface area contributed by atoms with Crippen molar-refractivity contribution >= 4 is 5.97 Å². The Bertz CT molecular complexity index is 350. The van der Waals surface area contributed by atoms with Gasteiger partial charge in [-0.1, -0.05) is 0 Å². The lowest BCUT2D eigenvalue weighted by molar-refractivity contribution is -0.0137. The maximum Gasteiger partial charge on any atom is 0.371 e. The van der Waals surface area contributed by atoms with Gasteiger partial charge in [0.25, 0.3) is 0 Å². The Morgan fingerprint density at radius 1 is 1.53 bits per heavy atom. The van der Waals surface area contributed by atoms with E-state index in [0.29, 0.717) is 6.61 Å². The van der Waals surface area contributed by atoms with Crippen LogP contribution in [0.3, 0.4) is 0 Å². The van der Waals surface area contributed by atoms with Crippen LogP contribution >= 0.6 is 0 Å². The van der Waals surface area contributed by atoms with Crippen molar-refractivity contribution < 1.29 is 24.2 Å². The SMILES string of the molecule is O=C(O)c1ccc(C(O)C2CCCO2)o1. The van der Waals surface area contributed by atoms with E-state index in [2.05, 4.69) is 0 Å². The van der Waals surface area contributed by atoms with Gasteiger partial charge in [0.15, 0.2) is 0 Å². The van der Waals surface area contributed by atoms with E-state index in [9.17, 15) is 9.90 Å². The van der Waals surface area contributed by atoms with Gasteiger partial charge < -0.3 is 19.4 Å². The van der Waals surface area contributed by atoms with Crippen LogP contribution in [0, 0.1) is 0 Å². The van der Waals surface area contributed by atoms with E-state index in [0.717, 1.165) is 12.8 Å². The smallest absolute Gasteiger partial charge is 0.371 e. The molecule has 0 saturated carbocycles. The molecular formula is C10H12O5. The Kier molecular flexibility index (Phi) is 2.75. The van der Waals surface area contributed by atoms with E-state index in [1.54, 1.807) is 0 Å². The molecule has 2 unspecified atom stereocenters. The fraction of sp³-hybridized carbons (Fsp3) is 0.500. The van der Waals surface area contributed by atoms with Crippen molar-refractivity contribution in [1.29, 1.82) is 0 Å². The number of carboxylic acid groups (broad SMARTS) is 1. The maximum absolute atomic E-state index is 10.6. The van der Waals surface area contributed by atoms with Gasteiger partial charge in [0.2, 0.25) is 5.76 Å². The van der Waals surface area contributed by atoms with E-state index in [1.807, 2.05) is 0 Å². The summed E-state index contributed by atoms with van der Waals surface area (Å²) in [6.07, 6.45) is 0.525. The van der Waals surface area contributed by atoms with Crippen molar-refractivity contribution in [1.82, 2.24) is 0 Å². The van der Waals surface area contributed by atoms with Gasteiger partial charge in [-0.05, 0) is 25.0 Å². The number of aliphatic hydroxyl groups is 1. The molecule has 0 aromatic carbocycles. The molecule has 2 rings (SSSR count). The van der Waals surface area contributed by atoms with Gasteiger partial charge in [-0.3, -0.25) is 0 Å². The zero-order valence-electron chi connectivity index (χ0n) is 8.05. The van der Waals surface area contributed by atoms with Gasteiger partial charge in [0.05, 0.1) is 6.10 Å². The second-order valence-electron chi connectivity index (χ2n) is 3.50. The van der Waals surface area contributed by atoms with Crippen molar-refractivity contribution in [3.05, 3.63) is 23.7 Å². The number of rotatable bonds is 3. The third-order valence-corrected chi connectivity index (χ3v) is 2.45. The lowest BCUT2D eigenvalue weighted by Gasteiger charge is -2.14. The molecule has 1 aromatic heterocycles. The average Bonchev–Trinajstić information content (AvgIpc) is 2.88. The lowest BCUT2D eigenvalue weighted by Crippen LogP contribution is -2.16. The molecule has 1 aliphatic rings. The van der Waals surface area contributed by atoms with Crippen molar-refractivity contribution in [3.63, 3.8) is 0 Å². The van der Waals surface area contributed by atoms with Crippen LogP contribution < -0.4 is 0 Å². The quantitative estimate of drug-likeness (QED) is 0.786. The second-order valence-corrected chi connectivity index (χ2v) is 3.50. The molecule has 2 atom stereocenters. The standard InChI is InChI=1S/C10H12O5/c11-9(6-2-1-5-14-6)7-3-4-8(15-7)10(12)13/h3-4,6,9,11H,1-2,5H2,(H,12,13). The van der Waals surface area contributed by atoms with Crippen molar-refractivity contribution in [3.8, 4) is 0 Å². The Balaban J connectivity index is 2.10. The van der Waals surface area contributed by atoms with Crippen molar-refractivity contribution in [2.75, 3.05) is 6.61 Å². The number of hydrogen-bond acceptors (Lipinski definition) is 4. The largest absolute Gasteiger partial charge is 0.475 e. The first-order chi connectivity index (χ1) is 7.18. The summed E-state index contributed by atoms with van der Waals surface area (Å²) in [4.78, 5) is 10.6. The van der Waals surface area contributed by atoms with Crippen LogP contribution in [-0.4, -0.2) is 28.9 Å². The van der Waals surface area contributed by atoms with Crippen LogP contribution in [0.15, 0.2) is 16.5 Å². The fourth-order valence-electron chi connectivity index (χ4n) is 1.66. The van der Waals surface area contributed by atoms with Crippen LogP contribution in [0.25, 0.3) is 0 Å². The van der Waals surface area contributed by atoms with Gasteiger partial charge in [0.1, 0.15) is 11.9 Å². The number of aliphatic hydroxyl groups excluding tert-OH is 1. The molecule has 0 radical (unpaired) electrons. The molecule has 0 aliphatic carbocycles. The summed E-state index contributed by atoms with van der Waals surface area (Å²) in [7, 11) is 0. The molecule has 1 saturated heterocycles. The monoisotopic (exact) mass is 212 g/mol. The highest BCUT2D eigenvalue weighted by Crippen LogP contribution is 2.27. The van der Waals surface area contributed by atoms with E-state index >= 15 is 0 Å². The Labute approximate surface area is 86.3 Å². The molecule has 1 fully saturated rings. The molecule has 1 aromatic rings. The number of carboxylic acids is 1. The van der Waals surface area contributed by atoms with Gasteiger partial charge in [-0.15, -0.1) is 0 Å². The second kappa shape index (κ2) is 4.04. The fourth-order valence-corrected chi connectivity index (χ4v) is 1.66. The summed E-state index contributed by atoms with van der Waals surface area (Å²) in [5, 5.41) is 18.4. The molecule has 5 nitrogen and oxygen atoms in total. The number of carbonyl (C=O) groups is 1. The molecule has 5 heteroatoms. The van der Waals surface area contributed by atoms with E-state index < -0.39 is 12.1 Å². The normalized spacial score (nSPS) is 22.9. The van der Waals surface area contributed by atoms with Crippen LogP contribution in [-0.2, 0) is 4.74 Å². The summed E-state index contributed by atoms with van der Waals surface area (Å²) in [6.45, 7) is 0.633. The predicted molar refractivity (Wildman–Crippen MR) is 49.6 cm³/mol. The van der Waals surface area contributed by atoms with Gasteiger partial charge in [0, 0.05) is 6.61 Å². The maximum atomic E-state index is 10.6. The van der Waals surface area contributed by atoms with Gasteiger partial charge in [-0.2, -0.15) is 0 Å². The summed E-state index contributed by atoms with van der Waals surface area (Å²) in [5.41, 5.74) is 0. The van der Waals surface area contributed by atoms with Gasteiger partial charge in [-0.25, -0.2) is 4.79 Å². The van der Waals surface area contributed by atoms with E-state index in [4.69, 9.17) is 14.3 Å². The molecule has 1 aliphatic heterocycles. The highest BCUT2D eigenvalue weighted by molar-refractivity contribution is 5.84. The molecule has 0 amide bonds. The van der Waals surface area contributed by atoms with Crippen LogP contribution in [0.4, 0.5) is 0 Å². The number of ether oxygens (including phenoxy) is 1. The van der Waals surface area contributed by atoms with Crippen LogP contribution in [0.2, 0.25) is 0 Å². The molecule has 2 N–H and O–H groups in total. The lowest BCUT2D eigenvalue weighted by atomic mass is 10.1. The Morgan fingerprint density at radius 2 is 2.33 bits per heavy atom. The first-order valence-electron chi connectivity index (χ1n) is 4.81. The minimum atomic E-state index is -1.14. The summed E-state index contributed by atoms with van der Waals surface area (Å²) >= 11 is 0. The molecule has 2 heterocycles. The van der Waals surface area contributed by atoms with Crippen LogP contribution in [0.5, 0.6) is 0 Å². The first-order valence-corrected chi connectivity index (χ1v) is 4.81. The van der Waals surface area contributed by atoms with Crippen LogP contribution in [0.1, 0.15) is 35.3 Å². The Morgan fingerprint density at radius 3 is 2.87 bits per heavy atom. The topological polar surface area (TPSA) is 79.9 Å².